The lowest BCUT2D eigenvalue weighted by atomic mass is 10.0. The SMILES string of the molecule is C=CCn1cc(-c2ccc3nc(-c4ccc(OCCN5CCN(C)C(=O)[C@H]5C)cc4)ccc3c2)c2cc[nH]c2c1=O. The minimum Gasteiger partial charge on any atom is -0.492 e. The first kappa shape index (κ1) is 26.5. The number of nitrogens with zero attached hydrogens (tertiary/aromatic N) is 4. The molecular formula is C33H33N5O3. The Balaban J connectivity index is 1.17. The summed E-state index contributed by atoms with van der Waals surface area (Å²) in [7, 11) is 1.85. The second-order valence-electron chi connectivity index (χ2n) is 10.5. The highest BCUT2D eigenvalue weighted by atomic mass is 16.5. The molecule has 1 atom stereocenters. The van der Waals surface area contributed by atoms with Gasteiger partial charge in [0.05, 0.1) is 17.3 Å². The Hall–Kier alpha value is -4.69. The van der Waals surface area contributed by atoms with Crippen molar-refractivity contribution in [2.24, 2.45) is 0 Å². The van der Waals surface area contributed by atoms with Gasteiger partial charge in [0.2, 0.25) is 5.91 Å². The molecule has 5 aromatic rings. The first-order chi connectivity index (χ1) is 19.9. The van der Waals surface area contributed by atoms with Crippen molar-refractivity contribution in [2.75, 3.05) is 33.3 Å². The number of amides is 1. The number of fused-ring (bicyclic) bond motifs is 2. The first-order valence-electron chi connectivity index (χ1n) is 13.9. The number of H-pyrrole nitrogens is 1. The second-order valence-corrected chi connectivity index (χ2v) is 10.5. The molecule has 0 unspecified atom stereocenters. The Morgan fingerprint density at radius 2 is 1.85 bits per heavy atom. The molecule has 41 heavy (non-hydrogen) atoms. The van der Waals surface area contributed by atoms with Gasteiger partial charge in [0.25, 0.3) is 5.56 Å². The monoisotopic (exact) mass is 547 g/mol. The Bertz CT molecular complexity index is 1800. The molecule has 0 aliphatic carbocycles. The molecule has 0 radical (unpaired) electrons. The van der Waals surface area contributed by atoms with E-state index in [4.69, 9.17) is 9.72 Å². The molecule has 0 bridgehead atoms. The van der Waals surface area contributed by atoms with E-state index in [0.29, 0.717) is 25.2 Å². The molecule has 1 fully saturated rings. The third-order valence-electron chi connectivity index (χ3n) is 7.92. The molecule has 4 heterocycles. The topological polar surface area (TPSA) is 83.5 Å². The Morgan fingerprint density at radius 1 is 1.05 bits per heavy atom. The van der Waals surface area contributed by atoms with E-state index in [-0.39, 0.29) is 17.5 Å². The lowest BCUT2D eigenvalue weighted by molar-refractivity contribution is -0.139. The summed E-state index contributed by atoms with van der Waals surface area (Å²) >= 11 is 0. The molecule has 3 aromatic heterocycles. The van der Waals surface area contributed by atoms with Crippen LogP contribution >= 0.6 is 0 Å². The quantitative estimate of drug-likeness (QED) is 0.278. The van der Waals surface area contributed by atoms with Crippen LogP contribution in [0.25, 0.3) is 44.2 Å². The molecule has 6 rings (SSSR count). The van der Waals surface area contributed by atoms with Gasteiger partial charge in [0, 0.05) is 67.5 Å². The van der Waals surface area contributed by atoms with Gasteiger partial charge in [0.15, 0.2) is 0 Å². The van der Waals surface area contributed by atoms with E-state index in [2.05, 4.69) is 34.7 Å². The minimum atomic E-state index is -0.114. The van der Waals surface area contributed by atoms with Crippen molar-refractivity contribution in [1.82, 2.24) is 24.3 Å². The minimum absolute atomic E-state index is 0.0571. The van der Waals surface area contributed by atoms with Crippen LogP contribution < -0.4 is 10.3 Å². The first-order valence-corrected chi connectivity index (χ1v) is 13.9. The van der Waals surface area contributed by atoms with Crippen LogP contribution in [0.4, 0.5) is 0 Å². The van der Waals surface area contributed by atoms with Crippen LogP contribution in [-0.4, -0.2) is 69.6 Å². The number of hydrogen-bond donors (Lipinski definition) is 1. The van der Waals surface area contributed by atoms with Crippen LogP contribution in [0.5, 0.6) is 5.75 Å². The van der Waals surface area contributed by atoms with E-state index < -0.39 is 0 Å². The summed E-state index contributed by atoms with van der Waals surface area (Å²) in [5.41, 5.74) is 5.32. The van der Waals surface area contributed by atoms with Gasteiger partial charge in [0.1, 0.15) is 17.9 Å². The average molecular weight is 548 g/mol. The number of piperazine rings is 1. The lowest BCUT2D eigenvalue weighted by Crippen LogP contribution is -2.55. The van der Waals surface area contributed by atoms with Crippen LogP contribution in [0.1, 0.15) is 6.92 Å². The number of pyridine rings is 2. The number of benzene rings is 2. The van der Waals surface area contributed by atoms with Gasteiger partial charge in [-0.25, -0.2) is 4.98 Å². The molecule has 0 spiro atoms. The fourth-order valence-corrected chi connectivity index (χ4v) is 5.52. The summed E-state index contributed by atoms with van der Waals surface area (Å²) in [6.07, 6.45) is 5.43. The van der Waals surface area contributed by atoms with Crippen molar-refractivity contribution in [3.8, 4) is 28.1 Å². The molecule has 0 saturated carbocycles. The molecule has 1 amide bonds. The summed E-state index contributed by atoms with van der Waals surface area (Å²) in [5.74, 6) is 0.952. The van der Waals surface area contributed by atoms with Gasteiger partial charge in [-0.2, -0.15) is 0 Å². The van der Waals surface area contributed by atoms with Crippen LogP contribution in [-0.2, 0) is 11.3 Å². The molecule has 1 aliphatic heterocycles. The fraction of sp³-hybridized carbons (Fsp3) is 0.242. The lowest BCUT2D eigenvalue weighted by Gasteiger charge is -2.37. The Labute approximate surface area is 238 Å². The molecule has 2 aromatic carbocycles. The summed E-state index contributed by atoms with van der Waals surface area (Å²) < 4.78 is 7.65. The number of hydrogen-bond acceptors (Lipinski definition) is 5. The molecule has 1 saturated heterocycles. The molecule has 8 heteroatoms. The predicted octanol–water partition coefficient (Wildman–Crippen LogP) is 4.94. The number of ether oxygens (including phenoxy) is 1. The number of rotatable bonds is 8. The molecule has 1 N–H and O–H groups in total. The van der Waals surface area contributed by atoms with Gasteiger partial charge in [-0.15, -0.1) is 6.58 Å². The number of likely N-dealkylation sites (N-methyl/N-ethyl adjacent to an activating group) is 1. The van der Waals surface area contributed by atoms with Gasteiger partial charge >= 0.3 is 0 Å². The number of aromatic amines is 1. The number of allylic oxidation sites excluding steroid dienone is 1. The maximum atomic E-state index is 12.8. The molecule has 1 aliphatic rings. The van der Waals surface area contributed by atoms with Crippen molar-refractivity contribution in [1.29, 1.82) is 0 Å². The molecule has 208 valence electrons. The number of carbonyl (C=O) groups excluding carboxylic acids is 1. The second kappa shape index (κ2) is 11.1. The number of nitrogens with one attached hydrogen (secondary N) is 1. The maximum absolute atomic E-state index is 12.8. The normalized spacial score (nSPS) is 16.0. The van der Waals surface area contributed by atoms with E-state index >= 15 is 0 Å². The standard InChI is InChI=1S/C33H33N5O3/c1-4-15-38-21-28(27-13-14-34-31(27)33(38)40)24-7-11-30-25(20-24)8-12-29(35-30)23-5-9-26(10-6-23)41-19-18-37-17-16-36(3)32(39)22(37)2/h4-14,20-22,34H,1,15-19H2,2-3H3/t22-/m1/s1. The zero-order chi connectivity index (χ0) is 28.5. The largest absolute Gasteiger partial charge is 0.492 e. The van der Waals surface area contributed by atoms with Crippen LogP contribution in [0.3, 0.4) is 0 Å². The summed E-state index contributed by atoms with van der Waals surface area (Å²) in [6, 6.07) is 20.1. The van der Waals surface area contributed by atoms with E-state index in [1.54, 1.807) is 21.7 Å². The van der Waals surface area contributed by atoms with E-state index in [1.165, 1.54) is 0 Å². The number of aromatic nitrogens is 3. The van der Waals surface area contributed by atoms with Crippen LogP contribution in [0, 0.1) is 0 Å². The van der Waals surface area contributed by atoms with Gasteiger partial charge in [-0.3, -0.25) is 14.5 Å². The smallest absolute Gasteiger partial charge is 0.275 e. The zero-order valence-corrected chi connectivity index (χ0v) is 23.3. The van der Waals surface area contributed by atoms with E-state index in [1.807, 2.05) is 62.6 Å². The van der Waals surface area contributed by atoms with Gasteiger partial charge in [-0.05, 0) is 61.0 Å². The number of carbonyl (C=O) groups is 1. The predicted molar refractivity (Wildman–Crippen MR) is 163 cm³/mol. The highest BCUT2D eigenvalue weighted by molar-refractivity contribution is 5.97. The zero-order valence-electron chi connectivity index (χ0n) is 23.3. The maximum Gasteiger partial charge on any atom is 0.275 e. The van der Waals surface area contributed by atoms with Crippen molar-refractivity contribution < 1.29 is 9.53 Å². The van der Waals surface area contributed by atoms with Crippen molar-refractivity contribution in [2.45, 2.75) is 19.5 Å². The van der Waals surface area contributed by atoms with Crippen molar-refractivity contribution in [3.05, 3.63) is 96.1 Å². The average Bonchev–Trinajstić information content (AvgIpc) is 3.49. The molecular weight excluding hydrogens is 514 g/mol. The van der Waals surface area contributed by atoms with Gasteiger partial charge < -0.3 is 19.2 Å². The summed E-state index contributed by atoms with van der Waals surface area (Å²) in [6.45, 7) is 9.03. The molecule has 8 nitrogen and oxygen atoms in total. The Morgan fingerprint density at radius 3 is 2.66 bits per heavy atom. The van der Waals surface area contributed by atoms with Gasteiger partial charge in [-0.1, -0.05) is 18.2 Å². The summed E-state index contributed by atoms with van der Waals surface area (Å²) in [5, 5.41) is 1.92. The van der Waals surface area contributed by atoms with Crippen molar-refractivity contribution in [3.63, 3.8) is 0 Å². The summed E-state index contributed by atoms with van der Waals surface area (Å²) in [4.78, 5) is 36.9. The van der Waals surface area contributed by atoms with E-state index in [0.717, 1.165) is 57.5 Å². The van der Waals surface area contributed by atoms with E-state index in [9.17, 15) is 9.59 Å². The Kier molecular flexibility index (Phi) is 7.15. The van der Waals surface area contributed by atoms with Crippen molar-refractivity contribution >= 4 is 27.7 Å². The third kappa shape index (κ3) is 5.14. The fourth-order valence-electron chi connectivity index (χ4n) is 5.52. The van der Waals surface area contributed by atoms with Crippen LogP contribution in [0.2, 0.25) is 0 Å². The van der Waals surface area contributed by atoms with Crippen LogP contribution in [0.15, 0.2) is 90.5 Å². The third-order valence-corrected chi connectivity index (χ3v) is 7.92. The highest BCUT2D eigenvalue weighted by Gasteiger charge is 2.28. The highest BCUT2D eigenvalue weighted by Crippen LogP contribution is 2.30.